The predicted octanol–water partition coefficient (Wildman–Crippen LogP) is 5.88. The van der Waals surface area contributed by atoms with E-state index in [9.17, 15) is 18.0 Å². The fourth-order valence-electron chi connectivity index (χ4n) is 4.63. The number of nitrogens with two attached hydrogens (primary N) is 1. The van der Waals surface area contributed by atoms with E-state index in [1.54, 1.807) is 60.7 Å². The molecule has 0 saturated carbocycles. The van der Waals surface area contributed by atoms with Gasteiger partial charge in [-0.1, -0.05) is 59.6 Å². The van der Waals surface area contributed by atoms with Gasteiger partial charge in [0.05, 0.1) is 18.0 Å². The molecular weight excluding hydrogens is 751 g/mol. The van der Waals surface area contributed by atoms with Crippen molar-refractivity contribution in [2.75, 3.05) is 13.1 Å². The van der Waals surface area contributed by atoms with Gasteiger partial charge in [0.1, 0.15) is 11.8 Å². The molecular formula is C32H30BrCl3MgN2O6S. The largest absolute Gasteiger partial charge is 0.506 e. The van der Waals surface area contributed by atoms with Gasteiger partial charge in [-0.3, -0.25) is 22.5 Å². The summed E-state index contributed by atoms with van der Waals surface area (Å²) in [7, 11) is -3.88. The van der Waals surface area contributed by atoms with E-state index in [-0.39, 0.29) is 60.8 Å². The molecule has 0 radical (unpaired) electrons. The van der Waals surface area contributed by atoms with Gasteiger partial charge in [0.2, 0.25) is 10.0 Å². The van der Waals surface area contributed by atoms with E-state index in [4.69, 9.17) is 38.8 Å². The Hall–Kier alpha value is -2.19. The van der Waals surface area contributed by atoms with Crippen LogP contribution in [0.1, 0.15) is 28.4 Å². The Balaban J connectivity index is 0.000000497. The van der Waals surface area contributed by atoms with Gasteiger partial charge in [-0.15, -0.1) is 12.4 Å². The van der Waals surface area contributed by atoms with Crippen LogP contribution in [0.4, 0.5) is 0 Å². The predicted molar refractivity (Wildman–Crippen MR) is 188 cm³/mol. The Labute approximate surface area is 300 Å². The summed E-state index contributed by atoms with van der Waals surface area (Å²) in [6.45, 7) is 1.57. The Bertz CT molecular complexity index is 1760. The number of hydrogen-bond acceptors (Lipinski definition) is 6. The highest BCUT2D eigenvalue weighted by molar-refractivity contribution is 9.23. The first-order valence-corrected chi connectivity index (χ1v) is 20.6. The normalized spacial score (nSPS) is 14.3. The van der Waals surface area contributed by atoms with E-state index in [0.717, 1.165) is 10.6 Å². The monoisotopic (exact) mass is 778 g/mol. The average molecular weight is 781 g/mol. The second-order valence-corrected chi connectivity index (χ2v) is 16.1. The van der Waals surface area contributed by atoms with Gasteiger partial charge < -0.3 is 15.6 Å². The maximum atomic E-state index is 13.4. The van der Waals surface area contributed by atoms with Crippen LogP contribution in [0.5, 0.6) is 5.75 Å². The number of carboxylic acid groups (broad SMARTS) is 1. The lowest BCUT2D eigenvalue weighted by atomic mass is 9.87. The van der Waals surface area contributed by atoms with Crippen LogP contribution in [-0.2, 0) is 26.8 Å². The molecule has 0 amide bonds. The Kier molecular flexibility index (Phi) is 13.9. The van der Waals surface area contributed by atoms with Crippen LogP contribution in [0.2, 0.25) is 10.0 Å². The zero-order chi connectivity index (χ0) is 32.8. The summed E-state index contributed by atoms with van der Waals surface area (Å²) >= 11 is 15.0. The summed E-state index contributed by atoms with van der Waals surface area (Å²) in [6.07, 6.45) is 0.00672. The van der Waals surface area contributed by atoms with E-state index >= 15 is 0 Å². The van der Waals surface area contributed by atoms with Crippen LogP contribution in [0, 0.1) is 0 Å². The minimum atomic E-state index is -3.88. The number of sulfonamides is 1. The summed E-state index contributed by atoms with van der Waals surface area (Å²) in [5.74, 6) is -0.731. The first kappa shape index (κ1) is 38.3. The van der Waals surface area contributed by atoms with E-state index in [0.29, 0.717) is 21.9 Å². The van der Waals surface area contributed by atoms with Crippen molar-refractivity contribution in [3.05, 3.63) is 124 Å². The summed E-state index contributed by atoms with van der Waals surface area (Å²) in [6, 6.07) is 26.7. The topological polar surface area (TPSA) is 127 Å². The quantitative estimate of drug-likeness (QED) is 0.152. The third-order valence-electron chi connectivity index (χ3n) is 7.18. The molecule has 1 aliphatic rings. The Morgan fingerprint density at radius 1 is 0.978 bits per heavy atom. The number of carbonyl (C=O) groups is 2. The summed E-state index contributed by atoms with van der Waals surface area (Å²) in [4.78, 5) is 22.7. The van der Waals surface area contributed by atoms with Gasteiger partial charge in [-0.05, 0) is 85.1 Å². The van der Waals surface area contributed by atoms with E-state index in [1.807, 2.05) is 12.1 Å². The van der Waals surface area contributed by atoms with Crippen molar-refractivity contribution in [2.24, 2.45) is 5.73 Å². The molecule has 46 heavy (non-hydrogen) atoms. The summed E-state index contributed by atoms with van der Waals surface area (Å²) in [5, 5.41) is 10.4. The summed E-state index contributed by atoms with van der Waals surface area (Å²) < 4.78 is 35.8. The van der Waals surface area contributed by atoms with Crippen LogP contribution < -0.4 is 14.2 Å². The molecule has 0 spiro atoms. The second-order valence-electron chi connectivity index (χ2n) is 10.5. The lowest BCUT2D eigenvalue weighted by Gasteiger charge is -2.49. The maximum absolute atomic E-state index is 13.4. The zero-order valence-corrected chi connectivity index (χ0v) is 30.8. The molecule has 8 nitrogen and oxygen atoms in total. The molecule has 4 aromatic carbocycles. The number of ether oxygens (including phenoxy) is 1. The van der Waals surface area contributed by atoms with Crippen molar-refractivity contribution >= 4 is 92.2 Å². The highest BCUT2D eigenvalue weighted by Crippen LogP contribution is 2.40. The first-order valence-electron chi connectivity index (χ1n) is 13.8. The average Bonchev–Trinajstić information content (AvgIpc) is 3.00. The number of aliphatic carboxylic acids is 1. The molecule has 1 aliphatic heterocycles. The van der Waals surface area contributed by atoms with Crippen LogP contribution in [-0.4, -0.2) is 66.9 Å². The number of rotatable bonds is 10. The lowest BCUT2D eigenvalue weighted by molar-refractivity contribution is -0.138. The molecule has 4 aromatic rings. The fraction of sp³-hybridized carbons (Fsp3) is 0.188. The molecule has 0 bridgehead atoms. The molecule has 1 atom stereocenters. The highest BCUT2D eigenvalue weighted by atomic mass is 79.9. The van der Waals surface area contributed by atoms with Crippen molar-refractivity contribution in [1.29, 1.82) is 0 Å². The zero-order valence-electron chi connectivity index (χ0n) is 24.6. The highest BCUT2D eigenvalue weighted by Gasteiger charge is 2.52. The number of nitrogens with zero attached hydrogens (tertiary/aromatic N) is 1. The van der Waals surface area contributed by atoms with Crippen molar-refractivity contribution in [2.45, 2.75) is 29.9 Å². The number of carbonyl (C=O) groups excluding carboxylic acids is 1. The molecule has 5 rings (SSSR count). The van der Waals surface area contributed by atoms with E-state index in [2.05, 4.69) is 25.0 Å². The molecule has 240 valence electrons. The Morgan fingerprint density at radius 3 is 2.07 bits per heavy atom. The van der Waals surface area contributed by atoms with Gasteiger partial charge in [-0.25, -0.2) is 8.42 Å². The third-order valence-corrected chi connectivity index (χ3v) is 12.2. The molecule has 0 aliphatic carbocycles. The summed E-state index contributed by atoms with van der Waals surface area (Å²) in [5.41, 5.74) is 6.47. The van der Waals surface area contributed by atoms with Crippen molar-refractivity contribution < 1.29 is 27.9 Å². The molecule has 14 heteroatoms. The molecule has 1 heterocycles. The Morgan fingerprint density at radius 2 is 1.54 bits per heavy atom. The van der Waals surface area contributed by atoms with Crippen LogP contribution >= 0.6 is 48.5 Å². The van der Waals surface area contributed by atoms with Crippen molar-refractivity contribution in [3.8, 4) is 5.75 Å². The minimum Gasteiger partial charge on any atom is -0.480 e. The lowest BCUT2D eigenvalue weighted by Crippen LogP contribution is -2.64. The SMILES string of the molecule is CC(=O)c1ccc(OC2(c3ccc(Cl)cc3)CN(S(=O)(=O)c3cccc(C[C@H](N)C(=O)O)c3)C2)cc1.Cl.Clc1cc[c]([Mg][Br])cc1. The number of halogens is 4. The minimum absolute atomic E-state index is 0. The van der Waals surface area contributed by atoms with Gasteiger partial charge in [0, 0.05) is 15.6 Å². The molecule has 1 fully saturated rings. The number of Topliss-reactive ketones (excluding diaryl/α,β-unsaturated/α-hetero) is 1. The van der Waals surface area contributed by atoms with Gasteiger partial charge >= 0.3 is 24.2 Å². The smallest absolute Gasteiger partial charge is 0.480 e. The van der Waals surface area contributed by atoms with E-state index < -0.39 is 27.6 Å². The molecule has 3 N–H and O–H groups in total. The molecule has 1 saturated heterocycles. The standard InChI is InChI=1S/C26H25ClN2O6S.C6H4Cl.BrH.ClH.Mg/c1-17(30)19-5-11-22(12-6-19)35-26(20-7-9-21(27)10-8-20)15-29(16-26)36(33,34)23-4-2-3-18(13-23)14-24(28)25(31)32;7-6-4-2-1-3-5-6;;;/h2-13,24H,14-16,28H2,1H3,(H,31,32);2-5H;2*1H;/q;;;;+1/p-1/t24-;;;;/m0..../s1. The number of hydrogen-bond donors (Lipinski definition) is 2. The van der Waals surface area contributed by atoms with E-state index in [1.165, 1.54) is 27.1 Å². The van der Waals surface area contributed by atoms with Crippen molar-refractivity contribution in [1.82, 2.24) is 4.31 Å². The van der Waals surface area contributed by atoms with Crippen molar-refractivity contribution in [3.63, 3.8) is 0 Å². The number of ketones is 1. The van der Waals surface area contributed by atoms with Gasteiger partial charge in [-0.2, -0.15) is 8.00 Å². The third kappa shape index (κ3) is 9.68. The van der Waals surface area contributed by atoms with Gasteiger partial charge in [0.25, 0.3) is 0 Å². The first-order chi connectivity index (χ1) is 21.3. The molecule has 0 aromatic heterocycles. The fourth-order valence-corrected chi connectivity index (χ4v) is 8.03. The van der Waals surface area contributed by atoms with Crippen LogP contribution in [0.3, 0.4) is 0 Å². The maximum Gasteiger partial charge on any atom is 0.506 e. The van der Waals surface area contributed by atoms with Crippen LogP contribution in [0.25, 0.3) is 0 Å². The number of benzene rings is 4. The second kappa shape index (κ2) is 16.8. The van der Waals surface area contributed by atoms with Gasteiger partial charge in [0.15, 0.2) is 11.4 Å². The number of carboxylic acids is 1. The van der Waals surface area contributed by atoms with Crippen LogP contribution in [0.15, 0.2) is 102 Å². The molecule has 0 unspecified atom stereocenters.